The molecule has 25 heavy (non-hydrogen) atoms. The van der Waals surface area contributed by atoms with E-state index in [2.05, 4.69) is 42.4 Å². The van der Waals surface area contributed by atoms with Crippen molar-refractivity contribution < 1.29 is 4.79 Å². The van der Waals surface area contributed by atoms with Gasteiger partial charge in [0.2, 0.25) is 0 Å². The fourth-order valence-corrected chi connectivity index (χ4v) is 3.16. The van der Waals surface area contributed by atoms with Crippen LogP contribution in [0.25, 0.3) is 0 Å². The van der Waals surface area contributed by atoms with E-state index in [1.807, 2.05) is 29.2 Å². The molecule has 3 rings (SSSR count). The van der Waals surface area contributed by atoms with Crippen molar-refractivity contribution in [2.45, 2.75) is 45.4 Å². The number of likely N-dealkylation sites (tertiary alicyclic amines) is 1. The smallest absolute Gasteiger partial charge is 0.274 e. The van der Waals surface area contributed by atoms with Gasteiger partial charge < -0.3 is 10.2 Å². The first-order valence-corrected chi connectivity index (χ1v) is 8.95. The van der Waals surface area contributed by atoms with Crippen LogP contribution in [-0.4, -0.2) is 34.1 Å². The molecule has 0 spiro atoms. The van der Waals surface area contributed by atoms with E-state index in [1.54, 1.807) is 6.07 Å². The highest BCUT2D eigenvalue weighted by molar-refractivity contribution is 5.92. The zero-order chi connectivity index (χ0) is 17.9. The second-order valence-electron chi connectivity index (χ2n) is 7.58. The average Bonchev–Trinajstić information content (AvgIpc) is 2.62. The molecule has 5 nitrogen and oxygen atoms in total. The molecule has 0 atom stereocenters. The van der Waals surface area contributed by atoms with Crippen molar-refractivity contribution >= 4 is 17.4 Å². The lowest BCUT2D eigenvalue weighted by atomic mass is 9.86. The number of carbonyl (C=O) groups is 1. The number of anilines is 2. The molecule has 1 aliphatic rings. The minimum atomic E-state index is -0.0196. The molecule has 5 heteroatoms. The Morgan fingerprint density at radius 1 is 1.00 bits per heavy atom. The molecule has 1 N–H and O–H groups in total. The number of para-hydroxylation sites is 1. The molecule has 132 valence electrons. The summed E-state index contributed by atoms with van der Waals surface area (Å²) < 4.78 is 0. The Morgan fingerprint density at radius 2 is 1.72 bits per heavy atom. The standard InChI is InChI=1S/C20H26N4O/c1-20(2,3)15-9-5-6-10-16(15)21-18-12-11-17(22-23-18)19(25)24-13-7-4-8-14-24/h5-6,9-12H,4,7-8,13-14H2,1-3H3,(H,21,23). The van der Waals surface area contributed by atoms with Gasteiger partial charge in [0, 0.05) is 18.8 Å². The summed E-state index contributed by atoms with van der Waals surface area (Å²) in [4.78, 5) is 14.3. The van der Waals surface area contributed by atoms with Crippen molar-refractivity contribution in [3.63, 3.8) is 0 Å². The molecule has 1 saturated heterocycles. The monoisotopic (exact) mass is 338 g/mol. The van der Waals surface area contributed by atoms with Gasteiger partial charge in [-0.1, -0.05) is 39.0 Å². The summed E-state index contributed by atoms with van der Waals surface area (Å²) in [5.41, 5.74) is 2.67. The number of nitrogens with zero attached hydrogens (tertiary/aromatic N) is 3. The van der Waals surface area contributed by atoms with Gasteiger partial charge in [-0.2, -0.15) is 0 Å². The molecule has 0 aliphatic carbocycles. The maximum atomic E-state index is 12.5. The van der Waals surface area contributed by atoms with E-state index in [0.29, 0.717) is 11.5 Å². The van der Waals surface area contributed by atoms with E-state index in [9.17, 15) is 4.79 Å². The fraction of sp³-hybridized carbons (Fsp3) is 0.450. The molecule has 0 saturated carbocycles. The summed E-state index contributed by atoms with van der Waals surface area (Å²) in [7, 11) is 0. The van der Waals surface area contributed by atoms with Crippen molar-refractivity contribution in [2.75, 3.05) is 18.4 Å². The Bertz CT molecular complexity index is 728. The highest BCUT2D eigenvalue weighted by atomic mass is 16.2. The Labute approximate surface area is 149 Å². The van der Waals surface area contributed by atoms with E-state index >= 15 is 0 Å². The van der Waals surface area contributed by atoms with Gasteiger partial charge in [-0.25, -0.2) is 0 Å². The van der Waals surface area contributed by atoms with E-state index in [0.717, 1.165) is 31.6 Å². The van der Waals surface area contributed by atoms with Gasteiger partial charge in [0.25, 0.3) is 5.91 Å². The summed E-state index contributed by atoms with van der Waals surface area (Å²) >= 11 is 0. The van der Waals surface area contributed by atoms with Crippen molar-refractivity contribution in [2.24, 2.45) is 0 Å². The Balaban J connectivity index is 1.74. The molecular formula is C20H26N4O. The molecule has 0 radical (unpaired) electrons. The van der Waals surface area contributed by atoms with E-state index in [1.165, 1.54) is 12.0 Å². The number of carbonyl (C=O) groups excluding carboxylic acids is 1. The minimum Gasteiger partial charge on any atom is -0.338 e. The van der Waals surface area contributed by atoms with Gasteiger partial charge in [0.1, 0.15) is 0 Å². The van der Waals surface area contributed by atoms with E-state index in [4.69, 9.17) is 0 Å². The molecule has 2 aromatic rings. The summed E-state index contributed by atoms with van der Waals surface area (Å²) in [5.74, 6) is 0.626. The van der Waals surface area contributed by atoms with Crippen LogP contribution < -0.4 is 5.32 Å². The molecular weight excluding hydrogens is 312 g/mol. The second kappa shape index (κ2) is 7.21. The van der Waals surface area contributed by atoms with Crippen molar-refractivity contribution in [3.8, 4) is 0 Å². The Kier molecular flexibility index (Phi) is 5.02. The van der Waals surface area contributed by atoms with Gasteiger partial charge in [-0.15, -0.1) is 10.2 Å². The first-order valence-electron chi connectivity index (χ1n) is 8.95. The highest BCUT2D eigenvalue weighted by Crippen LogP contribution is 2.30. The molecule has 0 unspecified atom stereocenters. The molecule has 1 aliphatic heterocycles. The molecule has 2 heterocycles. The SMILES string of the molecule is CC(C)(C)c1ccccc1Nc1ccc(C(=O)N2CCCCC2)nn1. The number of hydrogen-bond donors (Lipinski definition) is 1. The van der Waals surface area contributed by atoms with Crippen LogP contribution in [0.4, 0.5) is 11.5 Å². The zero-order valence-corrected chi connectivity index (χ0v) is 15.2. The molecule has 1 aromatic carbocycles. The van der Waals surface area contributed by atoms with Crippen LogP contribution in [0.3, 0.4) is 0 Å². The van der Waals surface area contributed by atoms with Crippen LogP contribution in [0.15, 0.2) is 36.4 Å². The molecule has 1 amide bonds. The van der Waals surface area contributed by atoms with Crippen molar-refractivity contribution in [1.29, 1.82) is 0 Å². The predicted octanol–water partition coefficient (Wildman–Crippen LogP) is 4.14. The van der Waals surface area contributed by atoms with Gasteiger partial charge in [0.05, 0.1) is 0 Å². The number of benzene rings is 1. The number of nitrogens with one attached hydrogen (secondary N) is 1. The molecule has 1 aromatic heterocycles. The van der Waals surface area contributed by atoms with Crippen molar-refractivity contribution in [1.82, 2.24) is 15.1 Å². The fourth-order valence-electron chi connectivity index (χ4n) is 3.16. The molecule has 0 bridgehead atoms. The lowest BCUT2D eigenvalue weighted by Crippen LogP contribution is -2.36. The maximum Gasteiger partial charge on any atom is 0.274 e. The number of aromatic nitrogens is 2. The maximum absolute atomic E-state index is 12.5. The van der Waals surface area contributed by atoms with Gasteiger partial charge in [0.15, 0.2) is 11.5 Å². The Hall–Kier alpha value is -2.43. The van der Waals surface area contributed by atoms with E-state index < -0.39 is 0 Å². The summed E-state index contributed by atoms with van der Waals surface area (Å²) in [6, 6.07) is 11.8. The number of amides is 1. The summed E-state index contributed by atoms with van der Waals surface area (Å²) in [5, 5.41) is 11.7. The van der Waals surface area contributed by atoms with Crippen LogP contribution in [0.5, 0.6) is 0 Å². The summed E-state index contributed by atoms with van der Waals surface area (Å²) in [6.07, 6.45) is 3.34. The van der Waals surface area contributed by atoms with Crippen LogP contribution >= 0.6 is 0 Å². The lowest BCUT2D eigenvalue weighted by Gasteiger charge is -2.26. The zero-order valence-electron chi connectivity index (χ0n) is 15.2. The Morgan fingerprint density at radius 3 is 2.36 bits per heavy atom. The normalized spacial score (nSPS) is 15.1. The van der Waals surface area contributed by atoms with Crippen molar-refractivity contribution in [3.05, 3.63) is 47.7 Å². The topological polar surface area (TPSA) is 58.1 Å². The average molecular weight is 338 g/mol. The first-order chi connectivity index (χ1) is 11.9. The third kappa shape index (κ3) is 4.16. The van der Waals surface area contributed by atoms with Gasteiger partial charge in [-0.05, 0) is 48.4 Å². The van der Waals surface area contributed by atoms with E-state index in [-0.39, 0.29) is 11.3 Å². The van der Waals surface area contributed by atoms with Crippen LogP contribution in [0.2, 0.25) is 0 Å². The highest BCUT2D eigenvalue weighted by Gasteiger charge is 2.20. The third-order valence-electron chi connectivity index (χ3n) is 4.52. The van der Waals surface area contributed by atoms with Crippen LogP contribution in [-0.2, 0) is 5.41 Å². The number of piperidine rings is 1. The number of rotatable bonds is 3. The first kappa shape index (κ1) is 17.4. The lowest BCUT2D eigenvalue weighted by molar-refractivity contribution is 0.0717. The third-order valence-corrected chi connectivity index (χ3v) is 4.52. The van der Waals surface area contributed by atoms with Crippen LogP contribution in [0.1, 0.15) is 56.1 Å². The van der Waals surface area contributed by atoms with Gasteiger partial charge in [-0.3, -0.25) is 4.79 Å². The largest absolute Gasteiger partial charge is 0.338 e. The quantitative estimate of drug-likeness (QED) is 0.913. The number of hydrogen-bond acceptors (Lipinski definition) is 4. The van der Waals surface area contributed by atoms with Crippen LogP contribution in [0, 0.1) is 0 Å². The second-order valence-corrected chi connectivity index (χ2v) is 7.58. The predicted molar refractivity (Wildman–Crippen MR) is 100 cm³/mol. The molecule has 1 fully saturated rings. The minimum absolute atomic E-state index is 0.0196. The summed E-state index contributed by atoms with van der Waals surface area (Å²) in [6.45, 7) is 8.18. The van der Waals surface area contributed by atoms with Gasteiger partial charge >= 0.3 is 0 Å².